The van der Waals surface area contributed by atoms with Crippen LogP contribution >= 0.6 is 35.0 Å². The first-order valence-corrected chi connectivity index (χ1v) is 10.4. The standard InChI is InChI=1S/C14H18Cl2N2O3S2/c1-9(2)6-17-14(19)13-7-22-8-18(13)23(20,21)12-4-10(15)3-11(16)5-12/h3-5,9,13H,6-8H2,1-2H3,(H,17,19). The van der Waals surface area contributed by atoms with E-state index in [0.717, 1.165) is 0 Å². The molecule has 1 atom stereocenters. The Hall–Kier alpha value is -0.470. The molecule has 1 unspecified atom stereocenters. The summed E-state index contributed by atoms with van der Waals surface area (Å²) in [6.07, 6.45) is 0. The van der Waals surface area contributed by atoms with E-state index in [0.29, 0.717) is 18.2 Å². The van der Waals surface area contributed by atoms with Gasteiger partial charge in [-0.15, -0.1) is 11.8 Å². The van der Waals surface area contributed by atoms with Crippen molar-refractivity contribution in [1.29, 1.82) is 0 Å². The van der Waals surface area contributed by atoms with Crippen LogP contribution in [0.3, 0.4) is 0 Å². The molecule has 1 aromatic rings. The Bertz CT molecular complexity index is 675. The topological polar surface area (TPSA) is 66.5 Å². The normalized spacial score (nSPS) is 19.3. The van der Waals surface area contributed by atoms with E-state index in [-0.39, 0.29) is 26.7 Å². The fourth-order valence-electron chi connectivity index (χ4n) is 2.11. The zero-order valence-electron chi connectivity index (χ0n) is 12.8. The van der Waals surface area contributed by atoms with E-state index < -0.39 is 16.1 Å². The van der Waals surface area contributed by atoms with Gasteiger partial charge >= 0.3 is 0 Å². The third-order valence-electron chi connectivity index (χ3n) is 3.27. The fourth-order valence-corrected chi connectivity index (χ4v) is 5.98. The molecule has 1 amide bonds. The molecule has 1 heterocycles. The first kappa shape index (κ1) is 18.9. The average molecular weight is 397 g/mol. The van der Waals surface area contributed by atoms with Crippen LogP contribution in [0.1, 0.15) is 13.8 Å². The summed E-state index contributed by atoms with van der Waals surface area (Å²) in [5.41, 5.74) is 0. The number of amides is 1. The number of rotatable bonds is 5. The summed E-state index contributed by atoms with van der Waals surface area (Å²) in [5.74, 6) is 0.675. The molecule has 5 nitrogen and oxygen atoms in total. The summed E-state index contributed by atoms with van der Waals surface area (Å²) >= 11 is 13.2. The van der Waals surface area contributed by atoms with Gasteiger partial charge in [-0.05, 0) is 24.1 Å². The quantitative estimate of drug-likeness (QED) is 0.830. The van der Waals surface area contributed by atoms with Crippen LogP contribution < -0.4 is 5.32 Å². The smallest absolute Gasteiger partial charge is 0.244 e. The van der Waals surface area contributed by atoms with Crippen molar-refractivity contribution in [3.63, 3.8) is 0 Å². The number of nitrogens with one attached hydrogen (secondary N) is 1. The summed E-state index contributed by atoms with van der Waals surface area (Å²) in [7, 11) is -3.83. The molecule has 128 valence electrons. The second-order valence-corrected chi connectivity index (χ2v) is 9.42. The summed E-state index contributed by atoms with van der Waals surface area (Å²) in [6.45, 7) is 4.47. The average Bonchev–Trinajstić information content (AvgIpc) is 2.93. The molecule has 1 aromatic carbocycles. The molecule has 1 N–H and O–H groups in total. The lowest BCUT2D eigenvalue weighted by Gasteiger charge is -2.23. The van der Waals surface area contributed by atoms with Gasteiger partial charge in [0.1, 0.15) is 6.04 Å². The Morgan fingerprint density at radius 3 is 2.52 bits per heavy atom. The summed E-state index contributed by atoms with van der Waals surface area (Å²) < 4.78 is 26.8. The number of halogens is 2. The van der Waals surface area contributed by atoms with E-state index in [1.54, 1.807) is 0 Å². The Labute approximate surface area is 150 Å². The zero-order valence-corrected chi connectivity index (χ0v) is 15.9. The molecule has 1 aliphatic rings. The molecule has 0 saturated carbocycles. The van der Waals surface area contributed by atoms with Crippen LogP contribution in [-0.2, 0) is 14.8 Å². The first-order chi connectivity index (χ1) is 10.7. The van der Waals surface area contributed by atoms with Crippen molar-refractivity contribution in [2.75, 3.05) is 18.2 Å². The Morgan fingerprint density at radius 2 is 1.96 bits per heavy atom. The van der Waals surface area contributed by atoms with Crippen LogP contribution in [0.15, 0.2) is 23.1 Å². The predicted octanol–water partition coefficient (Wildman–Crippen LogP) is 2.83. The van der Waals surface area contributed by atoms with Gasteiger partial charge in [-0.25, -0.2) is 8.42 Å². The molecule has 0 aliphatic carbocycles. The zero-order chi connectivity index (χ0) is 17.2. The van der Waals surface area contributed by atoms with Crippen molar-refractivity contribution in [2.24, 2.45) is 5.92 Å². The van der Waals surface area contributed by atoms with Crippen molar-refractivity contribution < 1.29 is 13.2 Å². The molecule has 0 bridgehead atoms. The number of carbonyl (C=O) groups excluding carboxylic acids is 1. The number of thioether (sulfide) groups is 1. The van der Waals surface area contributed by atoms with Gasteiger partial charge < -0.3 is 5.32 Å². The second-order valence-electron chi connectivity index (χ2n) is 5.65. The number of sulfonamides is 1. The van der Waals surface area contributed by atoms with Gasteiger partial charge in [0.05, 0.1) is 10.8 Å². The lowest BCUT2D eigenvalue weighted by Crippen LogP contribution is -2.47. The minimum Gasteiger partial charge on any atom is -0.354 e. The molecular formula is C14H18Cl2N2O3S2. The lowest BCUT2D eigenvalue weighted by molar-refractivity contribution is -0.123. The molecule has 1 aliphatic heterocycles. The maximum absolute atomic E-state index is 12.8. The molecule has 0 radical (unpaired) electrons. The largest absolute Gasteiger partial charge is 0.354 e. The van der Waals surface area contributed by atoms with Crippen molar-refractivity contribution in [3.05, 3.63) is 28.2 Å². The van der Waals surface area contributed by atoms with Gasteiger partial charge in [0.15, 0.2) is 0 Å². The maximum Gasteiger partial charge on any atom is 0.244 e. The Morgan fingerprint density at radius 1 is 1.35 bits per heavy atom. The highest BCUT2D eigenvalue weighted by molar-refractivity contribution is 8.00. The fraction of sp³-hybridized carbons (Fsp3) is 0.500. The van der Waals surface area contributed by atoms with E-state index >= 15 is 0 Å². The Kier molecular flexibility index (Phi) is 6.24. The van der Waals surface area contributed by atoms with Crippen molar-refractivity contribution in [3.8, 4) is 0 Å². The first-order valence-electron chi connectivity index (χ1n) is 7.05. The van der Waals surface area contributed by atoms with E-state index in [1.165, 1.54) is 34.3 Å². The summed E-state index contributed by atoms with van der Waals surface area (Å²) in [4.78, 5) is 12.3. The monoisotopic (exact) mass is 396 g/mol. The SMILES string of the molecule is CC(C)CNC(=O)C1CSCN1S(=O)(=O)c1cc(Cl)cc(Cl)c1. The highest BCUT2D eigenvalue weighted by Gasteiger charge is 2.40. The maximum atomic E-state index is 12.8. The molecular weight excluding hydrogens is 379 g/mol. The third-order valence-corrected chi connectivity index (χ3v) is 6.72. The van der Waals surface area contributed by atoms with Crippen molar-refractivity contribution >= 4 is 50.9 Å². The number of hydrogen-bond acceptors (Lipinski definition) is 4. The van der Waals surface area contributed by atoms with Crippen LogP contribution in [0.2, 0.25) is 10.0 Å². The van der Waals surface area contributed by atoms with Gasteiger partial charge in [0, 0.05) is 22.3 Å². The van der Waals surface area contributed by atoms with Gasteiger partial charge in [0.25, 0.3) is 0 Å². The molecule has 0 spiro atoms. The minimum atomic E-state index is -3.83. The van der Waals surface area contributed by atoms with E-state index in [2.05, 4.69) is 5.32 Å². The molecule has 0 aromatic heterocycles. The van der Waals surface area contributed by atoms with Gasteiger partial charge in [-0.2, -0.15) is 4.31 Å². The van der Waals surface area contributed by atoms with Gasteiger partial charge in [-0.3, -0.25) is 4.79 Å². The number of hydrogen-bond donors (Lipinski definition) is 1. The van der Waals surface area contributed by atoms with E-state index in [4.69, 9.17) is 23.2 Å². The van der Waals surface area contributed by atoms with Crippen LogP contribution in [0.25, 0.3) is 0 Å². The van der Waals surface area contributed by atoms with E-state index in [1.807, 2.05) is 13.8 Å². The van der Waals surface area contributed by atoms with Crippen molar-refractivity contribution in [2.45, 2.75) is 24.8 Å². The lowest BCUT2D eigenvalue weighted by atomic mass is 10.2. The van der Waals surface area contributed by atoms with Crippen LogP contribution in [-0.4, -0.2) is 42.8 Å². The summed E-state index contributed by atoms with van der Waals surface area (Å²) in [5, 5.41) is 3.27. The highest BCUT2D eigenvalue weighted by Crippen LogP contribution is 2.31. The number of nitrogens with zero attached hydrogens (tertiary/aromatic N) is 1. The second kappa shape index (κ2) is 7.61. The van der Waals surface area contributed by atoms with Crippen LogP contribution in [0.5, 0.6) is 0 Å². The van der Waals surface area contributed by atoms with Crippen LogP contribution in [0.4, 0.5) is 0 Å². The third kappa shape index (κ3) is 4.54. The van der Waals surface area contributed by atoms with Gasteiger partial charge in [0.2, 0.25) is 15.9 Å². The van der Waals surface area contributed by atoms with Gasteiger partial charge in [-0.1, -0.05) is 37.0 Å². The van der Waals surface area contributed by atoms with Crippen molar-refractivity contribution in [1.82, 2.24) is 9.62 Å². The molecule has 1 saturated heterocycles. The minimum absolute atomic E-state index is 0.000778. The summed E-state index contributed by atoms with van der Waals surface area (Å²) in [6, 6.07) is 3.43. The van der Waals surface area contributed by atoms with Crippen LogP contribution in [0, 0.1) is 5.92 Å². The molecule has 9 heteroatoms. The Balaban J connectivity index is 2.25. The van der Waals surface area contributed by atoms with E-state index in [9.17, 15) is 13.2 Å². The molecule has 23 heavy (non-hydrogen) atoms. The number of carbonyl (C=O) groups is 1. The number of benzene rings is 1. The predicted molar refractivity (Wildman–Crippen MR) is 94.4 cm³/mol. The molecule has 2 rings (SSSR count). The molecule has 1 fully saturated rings. The highest BCUT2D eigenvalue weighted by atomic mass is 35.5.